The molecule has 2 aromatic carbocycles. The second kappa shape index (κ2) is 8.36. The molecule has 0 spiro atoms. The van der Waals surface area contributed by atoms with Crippen LogP contribution in [0.25, 0.3) is 0 Å². The predicted octanol–water partition coefficient (Wildman–Crippen LogP) is 3.16. The van der Waals surface area contributed by atoms with Crippen LogP contribution >= 0.6 is 0 Å². The number of methoxy groups -OCH3 is 2. The number of likely N-dealkylation sites (N-methyl/N-ethyl adjacent to an activating group) is 1. The van der Waals surface area contributed by atoms with E-state index in [1.807, 2.05) is 67.4 Å². The SMILES string of the molecule is COc1cccc(CN(C)C(C)C(=O)Nc2ccccc2OC)c1. The maximum atomic E-state index is 12.5. The molecule has 0 aliphatic rings. The largest absolute Gasteiger partial charge is 0.497 e. The van der Waals surface area contributed by atoms with Gasteiger partial charge in [-0.15, -0.1) is 0 Å². The number of carbonyl (C=O) groups is 1. The first kappa shape index (κ1) is 17.8. The van der Waals surface area contributed by atoms with Crippen molar-refractivity contribution in [1.29, 1.82) is 0 Å². The average Bonchev–Trinajstić information content (AvgIpc) is 2.61. The summed E-state index contributed by atoms with van der Waals surface area (Å²) in [7, 11) is 5.15. The van der Waals surface area contributed by atoms with Crippen molar-refractivity contribution in [3.63, 3.8) is 0 Å². The highest BCUT2D eigenvalue weighted by Crippen LogP contribution is 2.23. The first-order valence-electron chi connectivity index (χ1n) is 7.82. The molecule has 0 aliphatic heterocycles. The summed E-state index contributed by atoms with van der Waals surface area (Å²) >= 11 is 0. The number of nitrogens with one attached hydrogen (secondary N) is 1. The van der Waals surface area contributed by atoms with Crippen molar-refractivity contribution in [2.24, 2.45) is 0 Å². The Bertz CT molecular complexity index is 688. The first-order chi connectivity index (χ1) is 11.5. The van der Waals surface area contributed by atoms with Crippen molar-refractivity contribution in [2.75, 3.05) is 26.6 Å². The summed E-state index contributed by atoms with van der Waals surface area (Å²) in [6.07, 6.45) is 0. The fraction of sp³-hybridized carbons (Fsp3) is 0.316. The third-order valence-corrected chi connectivity index (χ3v) is 3.97. The van der Waals surface area contributed by atoms with Crippen LogP contribution in [0.5, 0.6) is 11.5 Å². The first-order valence-corrected chi connectivity index (χ1v) is 7.82. The van der Waals surface area contributed by atoms with Gasteiger partial charge in [-0.2, -0.15) is 0 Å². The summed E-state index contributed by atoms with van der Waals surface area (Å²) in [6.45, 7) is 2.53. The topological polar surface area (TPSA) is 50.8 Å². The zero-order valence-electron chi connectivity index (χ0n) is 14.6. The van der Waals surface area contributed by atoms with Crippen LogP contribution in [0.4, 0.5) is 5.69 Å². The fourth-order valence-corrected chi connectivity index (χ4v) is 2.38. The van der Waals surface area contributed by atoms with Gasteiger partial charge in [0, 0.05) is 6.54 Å². The molecule has 1 unspecified atom stereocenters. The van der Waals surface area contributed by atoms with Gasteiger partial charge in [0.2, 0.25) is 5.91 Å². The molecule has 0 radical (unpaired) electrons. The minimum atomic E-state index is -0.291. The van der Waals surface area contributed by atoms with Gasteiger partial charge in [-0.1, -0.05) is 24.3 Å². The van der Waals surface area contributed by atoms with E-state index in [-0.39, 0.29) is 11.9 Å². The maximum Gasteiger partial charge on any atom is 0.241 e. The number of carbonyl (C=O) groups excluding carboxylic acids is 1. The van der Waals surface area contributed by atoms with Gasteiger partial charge in [0.05, 0.1) is 25.9 Å². The number of benzene rings is 2. The molecule has 1 atom stereocenters. The number of ether oxygens (including phenoxy) is 2. The van der Waals surface area contributed by atoms with Crippen LogP contribution < -0.4 is 14.8 Å². The number of hydrogen-bond acceptors (Lipinski definition) is 4. The van der Waals surface area contributed by atoms with Crippen molar-refractivity contribution in [3.05, 3.63) is 54.1 Å². The number of nitrogens with zero attached hydrogens (tertiary/aromatic N) is 1. The van der Waals surface area contributed by atoms with E-state index < -0.39 is 0 Å². The molecule has 2 rings (SSSR count). The minimum absolute atomic E-state index is 0.0788. The van der Waals surface area contributed by atoms with Crippen LogP contribution in [0.15, 0.2) is 48.5 Å². The Morgan fingerprint density at radius 3 is 2.58 bits per heavy atom. The Morgan fingerprint density at radius 2 is 1.88 bits per heavy atom. The third-order valence-electron chi connectivity index (χ3n) is 3.97. The van der Waals surface area contributed by atoms with E-state index in [0.29, 0.717) is 18.0 Å². The molecule has 2 aromatic rings. The zero-order chi connectivity index (χ0) is 17.5. The quantitative estimate of drug-likeness (QED) is 0.848. The van der Waals surface area contributed by atoms with Gasteiger partial charge in [0.25, 0.3) is 0 Å². The number of rotatable bonds is 7. The van der Waals surface area contributed by atoms with E-state index in [4.69, 9.17) is 9.47 Å². The maximum absolute atomic E-state index is 12.5. The minimum Gasteiger partial charge on any atom is -0.497 e. The molecule has 0 heterocycles. The van der Waals surface area contributed by atoms with Crippen LogP contribution in [0.3, 0.4) is 0 Å². The van der Waals surface area contributed by atoms with Gasteiger partial charge >= 0.3 is 0 Å². The highest BCUT2D eigenvalue weighted by Gasteiger charge is 2.19. The predicted molar refractivity (Wildman–Crippen MR) is 95.5 cm³/mol. The second-order valence-corrected chi connectivity index (χ2v) is 5.63. The molecule has 24 heavy (non-hydrogen) atoms. The molecule has 5 nitrogen and oxygen atoms in total. The van der Waals surface area contributed by atoms with Crippen LogP contribution in [0, 0.1) is 0 Å². The van der Waals surface area contributed by atoms with Crippen molar-refractivity contribution in [2.45, 2.75) is 19.5 Å². The number of para-hydroxylation sites is 2. The van der Waals surface area contributed by atoms with E-state index in [0.717, 1.165) is 11.3 Å². The number of amides is 1. The van der Waals surface area contributed by atoms with Crippen LogP contribution in [-0.4, -0.2) is 38.1 Å². The summed E-state index contributed by atoms with van der Waals surface area (Å²) in [6, 6.07) is 14.9. The van der Waals surface area contributed by atoms with Gasteiger partial charge in [-0.25, -0.2) is 0 Å². The van der Waals surface area contributed by atoms with Crippen LogP contribution in [0.1, 0.15) is 12.5 Å². The van der Waals surface area contributed by atoms with Gasteiger partial charge in [0.15, 0.2) is 0 Å². The highest BCUT2D eigenvalue weighted by molar-refractivity contribution is 5.95. The van der Waals surface area contributed by atoms with E-state index in [9.17, 15) is 4.79 Å². The van der Waals surface area contributed by atoms with Gasteiger partial charge in [-0.3, -0.25) is 9.69 Å². The second-order valence-electron chi connectivity index (χ2n) is 5.63. The average molecular weight is 328 g/mol. The van der Waals surface area contributed by atoms with E-state index in [2.05, 4.69) is 5.32 Å². The molecule has 0 aromatic heterocycles. The molecule has 0 aliphatic carbocycles. The van der Waals surface area contributed by atoms with Crippen LogP contribution in [-0.2, 0) is 11.3 Å². The molecular weight excluding hydrogens is 304 g/mol. The number of anilines is 1. The molecule has 0 saturated carbocycles. The van der Waals surface area contributed by atoms with E-state index >= 15 is 0 Å². The molecular formula is C19H24N2O3. The Balaban J connectivity index is 2.01. The zero-order valence-corrected chi connectivity index (χ0v) is 14.6. The summed E-state index contributed by atoms with van der Waals surface area (Å²) < 4.78 is 10.5. The van der Waals surface area contributed by atoms with Gasteiger partial charge in [-0.05, 0) is 43.8 Å². The lowest BCUT2D eigenvalue weighted by atomic mass is 10.1. The lowest BCUT2D eigenvalue weighted by Crippen LogP contribution is -2.39. The van der Waals surface area contributed by atoms with E-state index in [1.165, 1.54) is 0 Å². The molecule has 0 saturated heterocycles. The Kier molecular flexibility index (Phi) is 6.21. The van der Waals surface area contributed by atoms with Gasteiger partial charge < -0.3 is 14.8 Å². The molecule has 0 fully saturated rings. The fourth-order valence-electron chi connectivity index (χ4n) is 2.38. The summed E-state index contributed by atoms with van der Waals surface area (Å²) in [5, 5.41) is 2.92. The summed E-state index contributed by atoms with van der Waals surface area (Å²) in [4.78, 5) is 14.5. The summed E-state index contributed by atoms with van der Waals surface area (Å²) in [5.41, 5.74) is 1.76. The Hall–Kier alpha value is -2.53. The molecule has 1 N–H and O–H groups in total. The lowest BCUT2D eigenvalue weighted by Gasteiger charge is -2.24. The Labute approximate surface area is 143 Å². The number of hydrogen-bond donors (Lipinski definition) is 1. The monoisotopic (exact) mass is 328 g/mol. The smallest absolute Gasteiger partial charge is 0.241 e. The molecule has 128 valence electrons. The summed E-state index contributed by atoms with van der Waals surface area (Å²) in [5.74, 6) is 1.38. The van der Waals surface area contributed by atoms with Gasteiger partial charge in [0.1, 0.15) is 11.5 Å². The standard InChI is InChI=1S/C19H24N2O3/c1-14(19(22)20-17-10-5-6-11-18(17)24-4)21(2)13-15-8-7-9-16(12-15)23-3/h5-12,14H,13H2,1-4H3,(H,20,22). The molecule has 5 heteroatoms. The molecule has 0 bridgehead atoms. The highest BCUT2D eigenvalue weighted by atomic mass is 16.5. The molecule has 1 amide bonds. The van der Waals surface area contributed by atoms with Crippen LogP contribution in [0.2, 0.25) is 0 Å². The normalized spacial score (nSPS) is 11.9. The third kappa shape index (κ3) is 4.49. The lowest BCUT2D eigenvalue weighted by molar-refractivity contribution is -0.120. The van der Waals surface area contributed by atoms with E-state index in [1.54, 1.807) is 14.2 Å². The van der Waals surface area contributed by atoms with Crippen molar-refractivity contribution in [1.82, 2.24) is 4.90 Å². The van der Waals surface area contributed by atoms with Crippen molar-refractivity contribution < 1.29 is 14.3 Å². The Morgan fingerprint density at radius 1 is 1.12 bits per heavy atom. The van der Waals surface area contributed by atoms with Crippen molar-refractivity contribution in [3.8, 4) is 11.5 Å². The van der Waals surface area contributed by atoms with Crippen molar-refractivity contribution >= 4 is 11.6 Å².